The highest BCUT2D eigenvalue weighted by molar-refractivity contribution is 7.89. The van der Waals surface area contributed by atoms with Crippen LogP contribution >= 0.6 is 0 Å². The van der Waals surface area contributed by atoms with Gasteiger partial charge in [-0.2, -0.15) is 4.31 Å². The Kier molecular flexibility index (Phi) is 4.82. The molecule has 1 amide bonds. The molecule has 4 rings (SSSR count). The van der Waals surface area contributed by atoms with Crippen LogP contribution in [0.25, 0.3) is 11.0 Å². The van der Waals surface area contributed by atoms with E-state index in [1.165, 1.54) is 27.2 Å². The number of sulfonamides is 1. The number of para-hydroxylation sites is 1. The first-order chi connectivity index (χ1) is 13.4. The minimum absolute atomic E-state index is 0.0388. The molecule has 10 heteroatoms. The average Bonchev–Trinajstić information content (AvgIpc) is 3.11. The average molecular weight is 403 g/mol. The van der Waals surface area contributed by atoms with Crippen LogP contribution in [0.3, 0.4) is 0 Å². The van der Waals surface area contributed by atoms with Crippen molar-refractivity contribution in [2.45, 2.75) is 11.4 Å². The van der Waals surface area contributed by atoms with Crippen LogP contribution in [-0.4, -0.2) is 64.7 Å². The number of carbonyl (C=O) groups is 1. The lowest BCUT2D eigenvalue weighted by Gasteiger charge is -2.34. The molecular formula is C18H18FN5O3S. The SMILES string of the molecule is O=C(Cn1nnc2ccccc21)N1CCN(S(=O)(=O)c2cccc(F)c2)CC1. The van der Waals surface area contributed by atoms with Crippen LogP contribution < -0.4 is 0 Å². The van der Waals surface area contributed by atoms with Crippen molar-refractivity contribution in [1.29, 1.82) is 0 Å². The van der Waals surface area contributed by atoms with E-state index >= 15 is 0 Å². The Morgan fingerprint density at radius 1 is 1.04 bits per heavy atom. The number of rotatable bonds is 4. The van der Waals surface area contributed by atoms with Gasteiger partial charge in [0, 0.05) is 26.2 Å². The van der Waals surface area contributed by atoms with Gasteiger partial charge in [0.15, 0.2) is 0 Å². The second kappa shape index (κ2) is 7.28. The summed E-state index contributed by atoms with van der Waals surface area (Å²) in [5.41, 5.74) is 1.48. The summed E-state index contributed by atoms with van der Waals surface area (Å²) < 4.78 is 41.5. The van der Waals surface area contributed by atoms with Gasteiger partial charge >= 0.3 is 0 Å². The van der Waals surface area contributed by atoms with E-state index in [1.54, 1.807) is 4.90 Å². The number of hydrogen-bond acceptors (Lipinski definition) is 5. The van der Waals surface area contributed by atoms with Crippen LogP contribution in [0, 0.1) is 5.82 Å². The first kappa shape index (κ1) is 18.5. The van der Waals surface area contributed by atoms with Crippen molar-refractivity contribution in [3.8, 4) is 0 Å². The molecule has 0 bridgehead atoms. The molecule has 0 unspecified atom stereocenters. The molecule has 1 aliphatic heterocycles. The number of nitrogens with zero attached hydrogens (tertiary/aromatic N) is 5. The maximum absolute atomic E-state index is 13.4. The zero-order valence-corrected chi connectivity index (χ0v) is 15.7. The Balaban J connectivity index is 1.42. The first-order valence-electron chi connectivity index (χ1n) is 8.77. The Morgan fingerprint density at radius 2 is 1.79 bits per heavy atom. The van der Waals surface area contributed by atoms with Gasteiger partial charge in [0.05, 0.1) is 10.4 Å². The molecule has 3 aromatic rings. The molecule has 1 aliphatic rings. The summed E-state index contributed by atoms with van der Waals surface area (Å²) in [4.78, 5) is 14.1. The van der Waals surface area contributed by atoms with E-state index in [2.05, 4.69) is 10.3 Å². The van der Waals surface area contributed by atoms with Crippen molar-refractivity contribution in [3.63, 3.8) is 0 Å². The highest BCUT2D eigenvalue weighted by Crippen LogP contribution is 2.19. The maximum Gasteiger partial charge on any atom is 0.244 e. The van der Waals surface area contributed by atoms with Gasteiger partial charge in [-0.25, -0.2) is 17.5 Å². The third kappa shape index (κ3) is 3.48. The normalized spacial score (nSPS) is 15.8. The molecule has 28 heavy (non-hydrogen) atoms. The standard InChI is InChI=1S/C18H18FN5O3S/c19-14-4-3-5-15(12-14)28(26,27)23-10-8-22(9-11-23)18(25)13-24-17-7-2-1-6-16(17)20-21-24/h1-7,12H,8-11,13H2. The number of halogens is 1. The Hall–Kier alpha value is -2.85. The fourth-order valence-electron chi connectivity index (χ4n) is 3.22. The molecule has 0 aliphatic carbocycles. The van der Waals surface area contributed by atoms with Crippen molar-refractivity contribution >= 4 is 27.0 Å². The van der Waals surface area contributed by atoms with Crippen LogP contribution in [0.15, 0.2) is 53.4 Å². The molecule has 1 fully saturated rings. The van der Waals surface area contributed by atoms with Crippen molar-refractivity contribution in [2.24, 2.45) is 0 Å². The second-order valence-corrected chi connectivity index (χ2v) is 8.42. The maximum atomic E-state index is 13.4. The molecule has 0 atom stereocenters. The summed E-state index contributed by atoms with van der Waals surface area (Å²) >= 11 is 0. The van der Waals surface area contributed by atoms with Crippen molar-refractivity contribution in [2.75, 3.05) is 26.2 Å². The van der Waals surface area contributed by atoms with Gasteiger partial charge < -0.3 is 4.90 Å². The van der Waals surface area contributed by atoms with Crippen molar-refractivity contribution in [1.82, 2.24) is 24.2 Å². The Labute approximate surface area is 161 Å². The number of carbonyl (C=O) groups excluding carboxylic acids is 1. The zero-order chi connectivity index (χ0) is 19.7. The summed E-state index contributed by atoms with van der Waals surface area (Å²) in [7, 11) is -3.78. The molecule has 2 aromatic carbocycles. The number of aromatic nitrogens is 3. The van der Waals surface area contributed by atoms with Crippen molar-refractivity contribution < 1.29 is 17.6 Å². The predicted molar refractivity (Wildman–Crippen MR) is 99.3 cm³/mol. The van der Waals surface area contributed by atoms with Crippen LogP contribution in [0.4, 0.5) is 4.39 Å². The molecule has 0 N–H and O–H groups in total. The lowest BCUT2D eigenvalue weighted by Crippen LogP contribution is -2.51. The predicted octanol–water partition coefficient (Wildman–Crippen LogP) is 1.10. The van der Waals surface area contributed by atoms with Gasteiger partial charge in [0.25, 0.3) is 0 Å². The van der Waals surface area contributed by atoms with E-state index in [0.717, 1.165) is 11.6 Å². The molecular weight excluding hydrogens is 385 g/mol. The van der Waals surface area contributed by atoms with Crippen LogP contribution in [0.1, 0.15) is 0 Å². The van der Waals surface area contributed by atoms with E-state index in [-0.39, 0.29) is 43.5 Å². The van der Waals surface area contributed by atoms with E-state index < -0.39 is 15.8 Å². The Morgan fingerprint density at radius 3 is 2.54 bits per heavy atom. The summed E-state index contributed by atoms with van der Waals surface area (Å²) in [5.74, 6) is -0.756. The highest BCUT2D eigenvalue weighted by atomic mass is 32.2. The Bertz CT molecular complexity index is 1120. The van der Waals surface area contributed by atoms with Gasteiger partial charge in [-0.3, -0.25) is 4.79 Å². The summed E-state index contributed by atoms with van der Waals surface area (Å²) in [6.07, 6.45) is 0. The number of fused-ring (bicyclic) bond motifs is 1. The largest absolute Gasteiger partial charge is 0.338 e. The third-order valence-corrected chi connectivity index (χ3v) is 6.63. The van der Waals surface area contributed by atoms with Crippen LogP contribution in [-0.2, 0) is 21.4 Å². The number of piperazine rings is 1. The molecule has 1 aromatic heterocycles. The van der Waals surface area contributed by atoms with Gasteiger partial charge in [-0.15, -0.1) is 5.10 Å². The van der Waals surface area contributed by atoms with E-state index in [4.69, 9.17) is 0 Å². The topological polar surface area (TPSA) is 88.4 Å². The minimum Gasteiger partial charge on any atom is -0.338 e. The highest BCUT2D eigenvalue weighted by Gasteiger charge is 2.30. The number of benzene rings is 2. The van der Waals surface area contributed by atoms with Crippen LogP contribution in [0.5, 0.6) is 0 Å². The molecule has 0 radical (unpaired) electrons. The van der Waals surface area contributed by atoms with Gasteiger partial charge in [-0.1, -0.05) is 23.4 Å². The lowest BCUT2D eigenvalue weighted by atomic mass is 10.3. The molecule has 0 saturated carbocycles. The van der Waals surface area contributed by atoms with Gasteiger partial charge in [0.1, 0.15) is 17.9 Å². The molecule has 2 heterocycles. The lowest BCUT2D eigenvalue weighted by molar-refractivity contribution is -0.133. The molecule has 0 spiro atoms. The third-order valence-electron chi connectivity index (χ3n) is 4.73. The smallest absolute Gasteiger partial charge is 0.244 e. The molecule has 146 valence electrons. The summed E-state index contributed by atoms with van der Waals surface area (Å²) in [6.45, 7) is 0.878. The molecule has 8 nitrogen and oxygen atoms in total. The summed E-state index contributed by atoms with van der Waals surface area (Å²) in [6, 6.07) is 12.3. The van der Waals surface area contributed by atoms with Crippen LogP contribution in [0.2, 0.25) is 0 Å². The van der Waals surface area contributed by atoms with Gasteiger partial charge in [0.2, 0.25) is 15.9 Å². The van der Waals surface area contributed by atoms with Crippen molar-refractivity contribution in [3.05, 3.63) is 54.3 Å². The first-order valence-corrected chi connectivity index (χ1v) is 10.2. The monoisotopic (exact) mass is 403 g/mol. The van der Waals surface area contributed by atoms with E-state index in [0.29, 0.717) is 5.52 Å². The zero-order valence-electron chi connectivity index (χ0n) is 14.9. The summed E-state index contributed by atoms with van der Waals surface area (Å²) in [5, 5.41) is 8.04. The fraction of sp³-hybridized carbons (Fsp3) is 0.278. The van der Waals surface area contributed by atoms with E-state index in [9.17, 15) is 17.6 Å². The van der Waals surface area contributed by atoms with E-state index in [1.807, 2.05) is 24.3 Å². The minimum atomic E-state index is -3.78. The molecule has 1 saturated heterocycles. The number of amides is 1. The second-order valence-electron chi connectivity index (χ2n) is 6.48. The quantitative estimate of drug-likeness (QED) is 0.651. The number of hydrogen-bond donors (Lipinski definition) is 0. The fourth-order valence-corrected chi connectivity index (χ4v) is 4.67. The van der Waals surface area contributed by atoms with Gasteiger partial charge in [-0.05, 0) is 30.3 Å².